The van der Waals surface area contributed by atoms with Crippen LogP contribution in [0.4, 0.5) is 4.39 Å². The summed E-state index contributed by atoms with van der Waals surface area (Å²) in [5.74, 6) is -0.362. The van der Waals surface area contributed by atoms with Crippen LogP contribution in [-0.2, 0) is 20.9 Å². The molecule has 3 heterocycles. The molecule has 1 spiro atoms. The molecule has 0 bridgehead atoms. The van der Waals surface area contributed by atoms with Crippen LogP contribution in [0.2, 0.25) is 0 Å². The van der Waals surface area contributed by atoms with Gasteiger partial charge in [-0.25, -0.2) is 4.39 Å². The number of pyridine rings is 1. The van der Waals surface area contributed by atoms with Crippen molar-refractivity contribution in [2.45, 2.75) is 43.9 Å². The molecule has 1 atom stereocenters. The number of carbonyl (C=O) groups excluding carboxylic acids is 2. The first-order valence-corrected chi connectivity index (χ1v) is 11.8. The van der Waals surface area contributed by atoms with Crippen molar-refractivity contribution in [1.82, 2.24) is 14.8 Å². The van der Waals surface area contributed by atoms with Crippen LogP contribution in [0.1, 0.15) is 31.2 Å². The fourth-order valence-electron chi connectivity index (χ4n) is 5.13. The Bertz CT molecular complexity index is 1290. The first kappa shape index (κ1) is 21.2. The summed E-state index contributed by atoms with van der Waals surface area (Å²) >= 11 is 0. The lowest BCUT2D eigenvalue weighted by atomic mass is 9.88. The Hall–Kier alpha value is -3.32. The number of aromatic nitrogens is 1. The minimum Gasteiger partial charge on any atom is -0.363 e. The summed E-state index contributed by atoms with van der Waals surface area (Å²) in [5, 5.41) is 1.04. The highest BCUT2D eigenvalue weighted by Gasteiger charge is 2.48. The van der Waals surface area contributed by atoms with E-state index >= 15 is 4.39 Å². The highest BCUT2D eigenvalue weighted by atomic mass is 19.1. The summed E-state index contributed by atoms with van der Waals surface area (Å²) in [4.78, 5) is 33.1. The van der Waals surface area contributed by atoms with Crippen molar-refractivity contribution in [3.05, 3.63) is 66.1 Å². The molecule has 2 aliphatic heterocycles. The Labute approximate surface area is 197 Å². The number of hydrogen-bond acceptors (Lipinski definition) is 4. The van der Waals surface area contributed by atoms with Crippen LogP contribution in [0.5, 0.6) is 0 Å². The van der Waals surface area contributed by atoms with E-state index in [2.05, 4.69) is 4.98 Å². The largest absolute Gasteiger partial charge is 0.363 e. The molecule has 3 aromatic rings. The molecule has 1 unspecified atom stereocenters. The topological polar surface area (TPSA) is 62.7 Å². The maximum atomic E-state index is 15.0. The highest BCUT2D eigenvalue weighted by Crippen LogP contribution is 2.37. The molecule has 1 saturated carbocycles. The molecular formula is C27H26FN3O3. The van der Waals surface area contributed by atoms with Crippen molar-refractivity contribution >= 4 is 22.7 Å². The number of rotatable bonds is 4. The first-order chi connectivity index (χ1) is 16.5. The van der Waals surface area contributed by atoms with E-state index < -0.39 is 5.60 Å². The van der Waals surface area contributed by atoms with Crippen LogP contribution in [0.3, 0.4) is 0 Å². The van der Waals surface area contributed by atoms with E-state index in [9.17, 15) is 9.59 Å². The average molecular weight is 460 g/mol. The Balaban J connectivity index is 1.15. The lowest BCUT2D eigenvalue weighted by Gasteiger charge is -2.46. The third-order valence-corrected chi connectivity index (χ3v) is 7.29. The van der Waals surface area contributed by atoms with Crippen molar-refractivity contribution in [2.24, 2.45) is 0 Å². The molecular weight excluding hydrogens is 433 g/mol. The van der Waals surface area contributed by atoms with Crippen molar-refractivity contribution in [3.63, 3.8) is 0 Å². The van der Waals surface area contributed by atoms with Gasteiger partial charge in [0.05, 0.1) is 24.1 Å². The quantitative estimate of drug-likeness (QED) is 0.593. The number of ether oxygens (including phenoxy) is 1. The second kappa shape index (κ2) is 8.17. The number of piperidine rings is 1. The lowest BCUT2D eigenvalue weighted by molar-refractivity contribution is -0.178. The Kier molecular flexibility index (Phi) is 5.10. The highest BCUT2D eigenvalue weighted by molar-refractivity contribution is 5.84. The summed E-state index contributed by atoms with van der Waals surface area (Å²) in [6, 6.07) is 15.3. The minimum atomic E-state index is -0.601. The third kappa shape index (κ3) is 3.94. The van der Waals surface area contributed by atoms with E-state index in [4.69, 9.17) is 4.74 Å². The molecule has 6 nitrogen and oxygen atoms in total. The normalized spacial score (nSPS) is 23.2. The molecule has 3 fully saturated rings. The van der Waals surface area contributed by atoms with Crippen LogP contribution in [-0.4, -0.2) is 57.9 Å². The Morgan fingerprint density at radius 3 is 2.68 bits per heavy atom. The van der Waals surface area contributed by atoms with Gasteiger partial charge < -0.3 is 14.5 Å². The van der Waals surface area contributed by atoms with Gasteiger partial charge in [-0.3, -0.25) is 14.6 Å². The second-order valence-corrected chi connectivity index (χ2v) is 9.68. The predicted molar refractivity (Wildman–Crippen MR) is 125 cm³/mol. The molecule has 1 aromatic heterocycles. The molecule has 3 aliphatic rings. The number of benzene rings is 2. The minimum absolute atomic E-state index is 0.0207. The molecule has 6 rings (SSSR count). The molecule has 7 heteroatoms. The number of nitrogens with zero attached hydrogens (tertiary/aromatic N) is 3. The van der Waals surface area contributed by atoms with Crippen molar-refractivity contribution < 1.29 is 18.7 Å². The number of halogens is 1. The van der Waals surface area contributed by atoms with Gasteiger partial charge >= 0.3 is 0 Å². The van der Waals surface area contributed by atoms with Gasteiger partial charge in [0.25, 0.3) is 0 Å². The SMILES string of the molecule is O=C1CC2(CCN1Cc1ccc(-c3ccc4cccnc4c3)cc1F)CN(C1CC1)C(=O)CO2. The molecule has 0 N–H and O–H groups in total. The van der Waals surface area contributed by atoms with Gasteiger partial charge in [0.15, 0.2) is 0 Å². The maximum absolute atomic E-state index is 15.0. The van der Waals surface area contributed by atoms with Gasteiger partial charge in [-0.1, -0.05) is 30.3 Å². The van der Waals surface area contributed by atoms with E-state index in [-0.39, 0.29) is 37.2 Å². The van der Waals surface area contributed by atoms with Gasteiger partial charge in [0.2, 0.25) is 11.8 Å². The zero-order valence-corrected chi connectivity index (χ0v) is 18.9. The van der Waals surface area contributed by atoms with E-state index in [0.717, 1.165) is 34.9 Å². The zero-order chi connectivity index (χ0) is 23.3. The standard InChI is InChI=1S/C27H26FN3O3/c28-23-12-19(20-4-3-18-2-1-10-29-24(18)13-20)5-6-21(23)15-30-11-9-27(14-25(30)32)17-31(22-7-8-22)26(33)16-34-27/h1-6,10,12-13,22H,7-9,11,14-17H2. The fraction of sp³-hybridized carbons (Fsp3) is 0.370. The molecule has 2 amide bonds. The van der Waals surface area contributed by atoms with Crippen LogP contribution in [0.15, 0.2) is 54.7 Å². The maximum Gasteiger partial charge on any atom is 0.248 e. The van der Waals surface area contributed by atoms with E-state index in [1.807, 2.05) is 41.3 Å². The van der Waals surface area contributed by atoms with Crippen molar-refractivity contribution in [3.8, 4) is 11.1 Å². The molecule has 0 radical (unpaired) electrons. The fourth-order valence-corrected chi connectivity index (χ4v) is 5.13. The number of amides is 2. The first-order valence-electron chi connectivity index (χ1n) is 11.8. The zero-order valence-electron chi connectivity index (χ0n) is 18.9. The van der Waals surface area contributed by atoms with Crippen LogP contribution >= 0.6 is 0 Å². The second-order valence-electron chi connectivity index (χ2n) is 9.68. The van der Waals surface area contributed by atoms with E-state index in [0.29, 0.717) is 31.1 Å². The lowest BCUT2D eigenvalue weighted by Crippen LogP contribution is -2.60. The summed E-state index contributed by atoms with van der Waals surface area (Å²) in [5.41, 5.74) is 2.43. The van der Waals surface area contributed by atoms with Crippen LogP contribution in [0, 0.1) is 5.82 Å². The number of morpholine rings is 1. The number of hydrogen-bond donors (Lipinski definition) is 0. The van der Waals surface area contributed by atoms with Gasteiger partial charge in [-0.05, 0) is 48.6 Å². The van der Waals surface area contributed by atoms with Crippen molar-refractivity contribution in [2.75, 3.05) is 19.7 Å². The van der Waals surface area contributed by atoms with Gasteiger partial charge in [0, 0.05) is 36.3 Å². The number of fused-ring (bicyclic) bond motifs is 1. The average Bonchev–Trinajstić information content (AvgIpc) is 3.69. The molecule has 174 valence electrons. The third-order valence-electron chi connectivity index (χ3n) is 7.29. The molecule has 1 aliphatic carbocycles. The monoisotopic (exact) mass is 459 g/mol. The summed E-state index contributed by atoms with van der Waals surface area (Å²) < 4.78 is 20.9. The molecule has 2 aromatic carbocycles. The van der Waals surface area contributed by atoms with Crippen molar-refractivity contribution in [1.29, 1.82) is 0 Å². The van der Waals surface area contributed by atoms with Gasteiger partial charge in [-0.2, -0.15) is 0 Å². The smallest absolute Gasteiger partial charge is 0.248 e. The molecule has 2 saturated heterocycles. The van der Waals surface area contributed by atoms with E-state index in [1.54, 1.807) is 17.2 Å². The van der Waals surface area contributed by atoms with Gasteiger partial charge in [0.1, 0.15) is 12.4 Å². The summed E-state index contributed by atoms with van der Waals surface area (Å²) in [7, 11) is 0. The molecule has 34 heavy (non-hydrogen) atoms. The Morgan fingerprint density at radius 2 is 1.88 bits per heavy atom. The van der Waals surface area contributed by atoms with Crippen LogP contribution in [0.25, 0.3) is 22.0 Å². The van der Waals surface area contributed by atoms with Gasteiger partial charge in [-0.15, -0.1) is 0 Å². The summed E-state index contributed by atoms with van der Waals surface area (Å²) in [6.07, 6.45) is 4.70. The van der Waals surface area contributed by atoms with E-state index in [1.165, 1.54) is 6.07 Å². The predicted octanol–water partition coefficient (Wildman–Crippen LogP) is 3.92. The Morgan fingerprint density at radius 1 is 1.06 bits per heavy atom. The van der Waals surface area contributed by atoms with Crippen LogP contribution < -0.4 is 0 Å². The number of carbonyl (C=O) groups is 2. The summed E-state index contributed by atoms with van der Waals surface area (Å²) in [6.45, 7) is 1.25. The number of likely N-dealkylation sites (tertiary alicyclic amines) is 1.